The normalized spacial score (nSPS) is 28.5. The summed E-state index contributed by atoms with van der Waals surface area (Å²) in [6, 6.07) is 2.00. The molecule has 134 valence electrons. The summed E-state index contributed by atoms with van der Waals surface area (Å²) in [6.45, 7) is 1.63. The second-order valence-electron chi connectivity index (χ2n) is 7.23. The number of β-amino-alcohol motifs (C(OH)–C–C–N with tert-alkyl or cyclic N) is 1. The number of anilines is 2. The van der Waals surface area contributed by atoms with Crippen LogP contribution in [0.2, 0.25) is 0 Å². The number of likely N-dealkylation sites (N-methyl/N-ethyl adjacent to an activating group) is 1. The van der Waals surface area contributed by atoms with E-state index in [9.17, 15) is 13.9 Å². The first kappa shape index (κ1) is 17.3. The molecule has 0 bridgehead atoms. The monoisotopic (exact) mass is 341 g/mol. The largest absolute Gasteiger partial charge is 0.391 e. The average molecular weight is 341 g/mol. The molecule has 1 saturated heterocycles. The van der Waals surface area contributed by atoms with Crippen LogP contribution in [0.25, 0.3) is 0 Å². The highest BCUT2D eigenvalue weighted by Gasteiger charge is 2.57. The van der Waals surface area contributed by atoms with Gasteiger partial charge in [-0.3, -0.25) is 0 Å². The number of hydrogen-bond donors (Lipinski definition) is 1. The lowest BCUT2D eigenvalue weighted by atomic mass is 10.2. The minimum Gasteiger partial charge on any atom is -0.391 e. The molecule has 1 unspecified atom stereocenters. The van der Waals surface area contributed by atoms with Gasteiger partial charge in [0.25, 0.3) is 5.92 Å². The van der Waals surface area contributed by atoms with Crippen molar-refractivity contribution in [3.63, 3.8) is 0 Å². The first-order valence-electron chi connectivity index (χ1n) is 8.26. The number of halogens is 2. The van der Waals surface area contributed by atoms with Crippen molar-refractivity contribution in [1.82, 2.24) is 14.9 Å². The first-order valence-corrected chi connectivity index (χ1v) is 8.26. The lowest BCUT2D eigenvalue weighted by Gasteiger charge is -2.28. The van der Waals surface area contributed by atoms with Gasteiger partial charge in [-0.25, -0.2) is 18.7 Å². The van der Waals surface area contributed by atoms with Gasteiger partial charge in [-0.2, -0.15) is 0 Å². The highest BCUT2D eigenvalue weighted by molar-refractivity contribution is 5.51. The third kappa shape index (κ3) is 3.75. The van der Waals surface area contributed by atoms with Gasteiger partial charge in [0.2, 0.25) is 0 Å². The Labute approximate surface area is 141 Å². The van der Waals surface area contributed by atoms with Gasteiger partial charge in [0, 0.05) is 51.1 Å². The van der Waals surface area contributed by atoms with Gasteiger partial charge in [0.05, 0.1) is 6.10 Å². The lowest BCUT2D eigenvalue weighted by molar-refractivity contribution is 0.100. The van der Waals surface area contributed by atoms with E-state index in [0.29, 0.717) is 18.8 Å². The van der Waals surface area contributed by atoms with E-state index in [2.05, 4.69) is 19.8 Å². The predicted octanol–water partition coefficient (Wildman–Crippen LogP) is 1.07. The second-order valence-corrected chi connectivity index (χ2v) is 7.23. The molecular formula is C16H25F2N5O. The fraction of sp³-hybridized carbons (Fsp3) is 0.750. The van der Waals surface area contributed by atoms with Gasteiger partial charge in [-0.1, -0.05) is 0 Å². The number of aliphatic hydroxyl groups excluding tert-OH is 1. The molecule has 1 saturated carbocycles. The third-order valence-electron chi connectivity index (χ3n) is 4.74. The Kier molecular flexibility index (Phi) is 4.61. The first-order chi connectivity index (χ1) is 11.3. The van der Waals surface area contributed by atoms with Gasteiger partial charge < -0.3 is 19.8 Å². The van der Waals surface area contributed by atoms with Gasteiger partial charge in [-0.15, -0.1) is 0 Å². The minimum atomic E-state index is -2.53. The van der Waals surface area contributed by atoms with E-state index in [1.807, 2.05) is 20.2 Å². The highest BCUT2D eigenvalue weighted by atomic mass is 19.3. The fourth-order valence-corrected chi connectivity index (χ4v) is 3.36. The van der Waals surface area contributed by atoms with Crippen LogP contribution in [0.4, 0.5) is 20.4 Å². The topological polar surface area (TPSA) is 55.7 Å². The summed E-state index contributed by atoms with van der Waals surface area (Å²) in [5.74, 6) is -1.75. The van der Waals surface area contributed by atoms with Crippen molar-refractivity contribution >= 4 is 11.6 Å². The number of aromatic nitrogens is 2. The molecule has 0 amide bonds. The zero-order valence-corrected chi connectivity index (χ0v) is 14.4. The molecule has 1 aliphatic carbocycles. The van der Waals surface area contributed by atoms with Crippen molar-refractivity contribution in [2.45, 2.75) is 30.9 Å². The van der Waals surface area contributed by atoms with Crippen LogP contribution in [0, 0.1) is 5.92 Å². The molecule has 24 heavy (non-hydrogen) atoms. The zero-order chi connectivity index (χ0) is 17.5. The molecule has 8 heteroatoms. The van der Waals surface area contributed by atoms with E-state index in [4.69, 9.17) is 0 Å². The Morgan fingerprint density at radius 3 is 2.62 bits per heavy atom. The number of nitrogens with zero attached hydrogens (tertiary/aromatic N) is 5. The third-order valence-corrected chi connectivity index (χ3v) is 4.74. The van der Waals surface area contributed by atoms with Crippen molar-refractivity contribution in [3.05, 3.63) is 12.4 Å². The van der Waals surface area contributed by atoms with Crippen LogP contribution in [0.3, 0.4) is 0 Å². The standard InChI is InChI=1S/C16H25F2N5O/c1-21(2)8-12-4-13(24)9-23(12)15-5-14(19-10-20-15)22(3)7-11-6-16(11,17)18/h5,10-13,24H,4,6-9H2,1-3H3/t11?,12-,13-/m1/s1. The number of aliphatic hydroxyl groups is 1. The summed E-state index contributed by atoms with van der Waals surface area (Å²) in [5, 5.41) is 10.0. The number of rotatable bonds is 6. The predicted molar refractivity (Wildman–Crippen MR) is 88.7 cm³/mol. The molecule has 0 spiro atoms. The number of hydrogen-bond acceptors (Lipinski definition) is 6. The van der Waals surface area contributed by atoms with Gasteiger partial charge >= 0.3 is 0 Å². The van der Waals surface area contributed by atoms with Crippen molar-refractivity contribution in [2.24, 2.45) is 5.92 Å². The summed E-state index contributed by atoms with van der Waals surface area (Å²) in [4.78, 5) is 14.5. The maximum atomic E-state index is 13.1. The van der Waals surface area contributed by atoms with Gasteiger partial charge in [0.15, 0.2) is 0 Å². The van der Waals surface area contributed by atoms with Crippen molar-refractivity contribution in [3.8, 4) is 0 Å². The number of alkyl halides is 2. The lowest BCUT2D eigenvalue weighted by Crippen LogP contribution is -2.38. The van der Waals surface area contributed by atoms with Crippen molar-refractivity contribution < 1.29 is 13.9 Å². The maximum absolute atomic E-state index is 13.1. The average Bonchev–Trinajstić information content (AvgIpc) is 2.92. The molecule has 0 radical (unpaired) electrons. The molecule has 3 atom stereocenters. The van der Waals surface area contributed by atoms with Crippen LogP contribution in [-0.4, -0.2) is 78.8 Å². The summed E-state index contributed by atoms with van der Waals surface area (Å²) in [6.07, 6.45) is 1.74. The van der Waals surface area contributed by atoms with Crippen LogP contribution in [-0.2, 0) is 0 Å². The van der Waals surface area contributed by atoms with E-state index >= 15 is 0 Å². The van der Waals surface area contributed by atoms with Gasteiger partial charge in [-0.05, 0) is 20.5 Å². The van der Waals surface area contributed by atoms with E-state index in [1.165, 1.54) is 6.33 Å². The fourth-order valence-electron chi connectivity index (χ4n) is 3.36. The zero-order valence-electron chi connectivity index (χ0n) is 14.4. The molecule has 6 nitrogen and oxygen atoms in total. The summed E-state index contributed by atoms with van der Waals surface area (Å²) in [7, 11) is 5.77. The Morgan fingerprint density at radius 2 is 2.00 bits per heavy atom. The van der Waals surface area contributed by atoms with E-state index in [0.717, 1.165) is 12.4 Å². The van der Waals surface area contributed by atoms with Crippen LogP contribution >= 0.6 is 0 Å². The molecule has 2 heterocycles. The van der Waals surface area contributed by atoms with Crippen molar-refractivity contribution in [2.75, 3.05) is 50.6 Å². The molecule has 1 aromatic heterocycles. The molecule has 1 N–H and O–H groups in total. The van der Waals surface area contributed by atoms with Crippen LogP contribution < -0.4 is 9.80 Å². The Bertz CT molecular complexity index is 585. The molecular weight excluding hydrogens is 316 g/mol. The highest BCUT2D eigenvalue weighted by Crippen LogP contribution is 2.49. The quantitative estimate of drug-likeness (QED) is 0.835. The summed E-state index contributed by atoms with van der Waals surface area (Å²) >= 11 is 0. The molecule has 1 aromatic rings. The maximum Gasteiger partial charge on any atom is 0.253 e. The van der Waals surface area contributed by atoms with E-state index in [1.54, 1.807) is 11.9 Å². The van der Waals surface area contributed by atoms with E-state index < -0.39 is 11.8 Å². The Hall–Kier alpha value is -1.54. The minimum absolute atomic E-state index is 0.0431. The van der Waals surface area contributed by atoms with E-state index in [-0.39, 0.29) is 25.1 Å². The molecule has 2 fully saturated rings. The molecule has 0 aromatic carbocycles. The molecule has 1 aliphatic heterocycles. The smallest absolute Gasteiger partial charge is 0.253 e. The van der Waals surface area contributed by atoms with Crippen LogP contribution in [0.1, 0.15) is 12.8 Å². The second kappa shape index (κ2) is 6.40. The summed E-state index contributed by atoms with van der Waals surface area (Å²) < 4.78 is 26.2. The molecule has 3 rings (SSSR count). The van der Waals surface area contributed by atoms with Gasteiger partial charge in [0.1, 0.15) is 18.0 Å². The Morgan fingerprint density at radius 1 is 1.29 bits per heavy atom. The Balaban J connectivity index is 1.72. The van der Waals surface area contributed by atoms with Crippen LogP contribution in [0.15, 0.2) is 12.4 Å². The van der Waals surface area contributed by atoms with Crippen LogP contribution in [0.5, 0.6) is 0 Å². The SMILES string of the molecule is CN(C)C[C@H]1C[C@@H](O)CN1c1cc(N(C)CC2CC2(F)F)ncn1. The summed E-state index contributed by atoms with van der Waals surface area (Å²) in [5.41, 5.74) is 0. The van der Waals surface area contributed by atoms with Crippen molar-refractivity contribution in [1.29, 1.82) is 0 Å². The molecule has 2 aliphatic rings.